The summed E-state index contributed by atoms with van der Waals surface area (Å²) in [6, 6.07) is 18.1. The number of carboxylic acid groups (broad SMARTS) is 2. The highest BCUT2D eigenvalue weighted by atomic mass is 32.2. The summed E-state index contributed by atoms with van der Waals surface area (Å²) in [7, 11) is -2.59. The smallest absolute Gasteiger partial charge is 0.490 e. The van der Waals surface area contributed by atoms with E-state index in [0.717, 1.165) is 16.8 Å². The van der Waals surface area contributed by atoms with Crippen molar-refractivity contribution in [1.82, 2.24) is 0 Å². The molecule has 220 valence electrons. The van der Waals surface area contributed by atoms with E-state index in [4.69, 9.17) is 36.3 Å². The number of methoxy groups -OCH3 is 1. The molecule has 0 aliphatic carbocycles. The van der Waals surface area contributed by atoms with Crippen LogP contribution in [0, 0.1) is 5.41 Å². The minimum atomic E-state index is -5.08. The summed E-state index contributed by atoms with van der Waals surface area (Å²) in [6.07, 6.45) is -5.08. The Morgan fingerprint density at radius 3 is 1.93 bits per heavy atom. The van der Waals surface area contributed by atoms with Crippen molar-refractivity contribution < 1.29 is 50.9 Å². The zero-order chi connectivity index (χ0) is 31.4. The molecule has 4 rings (SSSR count). The SMILES string of the molecule is COc1ccc(S(=O)(=O)c2cc(N)c(Oc3ccc4cc(C(=N)N)ccc4c3)c(C(=O)O)c2)cc1.O=C(O)C(F)(F)F. The zero-order valence-corrected chi connectivity index (χ0v) is 22.3. The number of nitrogen functional groups attached to an aromatic ring is 2. The van der Waals surface area contributed by atoms with Crippen molar-refractivity contribution in [2.24, 2.45) is 5.73 Å². The Morgan fingerprint density at radius 1 is 0.857 bits per heavy atom. The molecule has 0 fully saturated rings. The number of benzene rings is 4. The number of ether oxygens (including phenoxy) is 2. The third-order valence-corrected chi connectivity index (χ3v) is 7.34. The van der Waals surface area contributed by atoms with E-state index in [1.165, 1.54) is 37.4 Å². The summed E-state index contributed by atoms with van der Waals surface area (Å²) >= 11 is 0. The number of nitrogens with one attached hydrogen (secondary N) is 1. The Labute approximate surface area is 236 Å². The van der Waals surface area contributed by atoms with Crippen LogP contribution in [0.5, 0.6) is 17.2 Å². The predicted octanol–water partition coefficient (Wildman–Crippen LogP) is 4.67. The molecule has 15 heteroatoms. The molecule has 0 saturated heterocycles. The van der Waals surface area contributed by atoms with Crippen LogP contribution in [-0.2, 0) is 14.6 Å². The van der Waals surface area contributed by atoms with Crippen LogP contribution in [0.3, 0.4) is 0 Å². The van der Waals surface area contributed by atoms with Crippen LogP contribution in [0.1, 0.15) is 15.9 Å². The lowest BCUT2D eigenvalue weighted by molar-refractivity contribution is -0.192. The number of halogens is 3. The Hall–Kier alpha value is -5.31. The topological polar surface area (TPSA) is 203 Å². The molecule has 0 radical (unpaired) electrons. The van der Waals surface area contributed by atoms with Crippen molar-refractivity contribution in [3.63, 3.8) is 0 Å². The zero-order valence-electron chi connectivity index (χ0n) is 21.5. The molecule has 0 spiro atoms. The third-order valence-electron chi connectivity index (χ3n) is 5.59. The summed E-state index contributed by atoms with van der Waals surface area (Å²) in [5, 5.41) is 26.0. The van der Waals surface area contributed by atoms with Crippen molar-refractivity contribution in [3.05, 3.63) is 83.9 Å². The monoisotopic (exact) mass is 605 g/mol. The largest absolute Gasteiger partial charge is 0.497 e. The summed E-state index contributed by atoms with van der Waals surface area (Å²) in [6.45, 7) is 0. The van der Waals surface area contributed by atoms with E-state index in [2.05, 4.69) is 0 Å². The summed E-state index contributed by atoms with van der Waals surface area (Å²) in [5.41, 5.74) is 11.6. The maximum atomic E-state index is 13.1. The molecule has 0 bridgehead atoms. The first-order valence-electron chi connectivity index (χ1n) is 11.5. The van der Waals surface area contributed by atoms with E-state index < -0.39 is 33.5 Å². The highest BCUT2D eigenvalue weighted by molar-refractivity contribution is 7.91. The quantitative estimate of drug-likeness (QED) is 0.112. The van der Waals surface area contributed by atoms with Gasteiger partial charge in [0.25, 0.3) is 0 Å². The molecule has 42 heavy (non-hydrogen) atoms. The molecule has 11 nitrogen and oxygen atoms in total. The molecule has 0 aliphatic rings. The van der Waals surface area contributed by atoms with Crippen LogP contribution in [0.25, 0.3) is 10.8 Å². The number of hydrogen-bond acceptors (Lipinski definition) is 8. The summed E-state index contributed by atoms with van der Waals surface area (Å²) in [5.74, 6) is -3.61. The van der Waals surface area contributed by atoms with Crippen molar-refractivity contribution >= 4 is 44.1 Å². The standard InChI is InChI=1S/C25H21N3O6S.C2HF3O2/c1-33-17-6-8-19(9-7-17)35(31,32)20-12-21(25(29)30)23(22(26)13-20)34-18-5-4-14-10-16(24(27)28)3-2-15(14)11-18;3-2(4,5)1(6)7/h2-13H,26H2,1H3,(H3,27,28)(H,29,30);(H,6,7). The average molecular weight is 606 g/mol. The van der Waals surface area contributed by atoms with Gasteiger partial charge in [0.05, 0.1) is 22.6 Å². The minimum absolute atomic E-state index is 0.0397. The molecule has 0 unspecified atom stereocenters. The molecule has 0 heterocycles. The maximum Gasteiger partial charge on any atom is 0.490 e. The minimum Gasteiger partial charge on any atom is -0.497 e. The number of alkyl halides is 3. The number of sulfone groups is 1. The van der Waals surface area contributed by atoms with Crippen LogP contribution < -0.4 is 20.9 Å². The van der Waals surface area contributed by atoms with Gasteiger partial charge in [-0.1, -0.05) is 18.2 Å². The molecular formula is C27H22F3N3O8S. The molecule has 0 atom stereocenters. The number of fused-ring (bicyclic) bond motifs is 1. The van der Waals surface area contributed by atoms with Gasteiger partial charge in [0, 0.05) is 5.56 Å². The third kappa shape index (κ3) is 7.06. The number of anilines is 1. The van der Waals surface area contributed by atoms with Crippen LogP contribution in [0.15, 0.2) is 82.6 Å². The normalized spacial score (nSPS) is 11.2. The van der Waals surface area contributed by atoms with Gasteiger partial charge in [-0.3, -0.25) is 5.41 Å². The van der Waals surface area contributed by atoms with E-state index in [-0.39, 0.29) is 27.1 Å². The van der Waals surface area contributed by atoms with Crippen LogP contribution in [-0.4, -0.2) is 49.7 Å². The van der Waals surface area contributed by atoms with E-state index in [0.29, 0.717) is 17.1 Å². The van der Waals surface area contributed by atoms with Crippen LogP contribution in [0.2, 0.25) is 0 Å². The number of nitrogens with two attached hydrogens (primary N) is 2. The highest BCUT2D eigenvalue weighted by Gasteiger charge is 2.38. The second kappa shape index (κ2) is 12.1. The Morgan fingerprint density at radius 2 is 1.40 bits per heavy atom. The lowest BCUT2D eigenvalue weighted by Gasteiger charge is -2.15. The summed E-state index contributed by atoms with van der Waals surface area (Å²) < 4.78 is 68.8. The molecule has 0 aromatic heterocycles. The lowest BCUT2D eigenvalue weighted by atomic mass is 10.1. The Bertz CT molecular complexity index is 1790. The lowest BCUT2D eigenvalue weighted by Crippen LogP contribution is -2.21. The number of rotatable bonds is 7. The second-order valence-corrected chi connectivity index (χ2v) is 10.4. The van der Waals surface area contributed by atoms with Crippen molar-refractivity contribution in [2.75, 3.05) is 12.8 Å². The van der Waals surface area contributed by atoms with Gasteiger partial charge in [-0.05, 0) is 65.4 Å². The molecular weight excluding hydrogens is 583 g/mol. The van der Waals surface area contributed by atoms with Gasteiger partial charge in [0.2, 0.25) is 9.84 Å². The molecule has 0 aliphatic heterocycles. The molecule has 4 aromatic rings. The fourth-order valence-corrected chi connectivity index (χ4v) is 4.84. The highest BCUT2D eigenvalue weighted by Crippen LogP contribution is 2.37. The van der Waals surface area contributed by atoms with Crippen molar-refractivity contribution in [3.8, 4) is 17.2 Å². The van der Waals surface area contributed by atoms with Gasteiger partial charge < -0.3 is 31.2 Å². The molecule has 4 aromatic carbocycles. The molecule has 0 saturated carbocycles. The van der Waals surface area contributed by atoms with Gasteiger partial charge >= 0.3 is 18.1 Å². The van der Waals surface area contributed by atoms with Crippen molar-refractivity contribution in [1.29, 1.82) is 5.41 Å². The maximum absolute atomic E-state index is 13.1. The number of amidine groups is 1. The van der Waals surface area contributed by atoms with E-state index in [9.17, 15) is 31.5 Å². The number of aromatic carboxylic acids is 1. The number of aliphatic carboxylic acids is 1. The Balaban J connectivity index is 0.000000616. The summed E-state index contributed by atoms with van der Waals surface area (Å²) in [4.78, 5) is 20.6. The fraction of sp³-hybridized carbons (Fsp3) is 0.0741. The first kappa shape index (κ1) is 31.2. The second-order valence-electron chi connectivity index (χ2n) is 8.42. The first-order valence-corrected chi connectivity index (χ1v) is 12.9. The van der Waals surface area contributed by atoms with Gasteiger partial charge in [-0.15, -0.1) is 0 Å². The number of hydrogen-bond donors (Lipinski definition) is 5. The van der Waals surface area contributed by atoms with Crippen LogP contribution >= 0.6 is 0 Å². The van der Waals surface area contributed by atoms with E-state index in [1.54, 1.807) is 36.4 Å². The predicted molar refractivity (Wildman–Crippen MR) is 145 cm³/mol. The van der Waals surface area contributed by atoms with Gasteiger partial charge in [-0.25, -0.2) is 18.0 Å². The molecule has 7 N–H and O–H groups in total. The van der Waals surface area contributed by atoms with E-state index in [1.807, 2.05) is 0 Å². The first-order chi connectivity index (χ1) is 19.5. The average Bonchev–Trinajstić information content (AvgIpc) is 2.93. The van der Waals surface area contributed by atoms with Gasteiger partial charge in [0.1, 0.15) is 22.9 Å². The molecule has 0 amide bonds. The van der Waals surface area contributed by atoms with E-state index >= 15 is 0 Å². The van der Waals surface area contributed by atoms with Gasteiger partial charge in [0.15, 0.2) is 5.75 Å². The number of carbonyl (C=O) groups is 2. The Kier molecular flexibility index (Phi) is 8.96. The van der Waals surface area contributed by atoms with Crippen LogP contribution in [0.4, 0.5) is 18.9 Å². The van der Waals surface area contributed by atoms with Gasteiger partial charge in [-0.2, -0.15) is 13.2 Å². The number of carboxylic acids is 2. The van der Waals surface area contributed by atoms with Crippen molar-refractivity contribution in [2.45, 2.75) is 16.0 Å². The fourth-order valence-electron chi connectivity index (χ4n) is 3.52.